The number of cyclic esters (lactones) is 1. The molecular formula is C64H91N11O6. The molecule has 3 amide bonds. The number of pyridine rings is 1. The van der Waals surface area contributed by atoms with Crippen molar-refractivity contribution in [2.45, 2.75) is 173 Å². The van der Waals surface area contributed by atoms with Crippen LogP contribution in [-0.2, 0) is 41.6 Å². The maximum absolute atomic E-state index is 15.3. The smallest absolute Gasteiger partial charge is 0.324 e. The van der Waals surface area contributed by atoms with Crippen molar-refractivity contribution in [3.63, 3.8) is 0 Å². The Kier molecular flexibility index (Phi) is 15.4. The number of anilines is 1. The van der Waals surface area contributed by atoms with Gasteiger partial charge in [0.15, 0.2) is 0 Å². The number of likely N-dealkylation sites (tertiary alicyclic amines) is 2. The number of carbonyl (C=O) groups excluding carboxylic acids is 4. The first-order valence-electron chi connectivity index (χ1n) is 31.7. The molecule has 9 atom stereocenters. The summed E-state index contributed by atoms with van der Waals surface area (Å²) in [6.07, 6.45) is 19.1. The second kappa shape index (κ2) is 22.6. The molecule has 438 valence electrons. The predicted molar refractivity (Wildman–Crippen MR) is 314 cm³/mol. The second-order valence-corrected chi connectivity index (χ2v) is 27.2. The molecule has 1 spiro atoms. The highest BCUT2D eigenvalue weighted by molar-refractivity contribution is 5.95. The van der Waals surface area contributed by atoms with E-state index in [1.54, 1.807) is 12.1 Å². The van der Waals surface area contributed by atoms with Gasteiger partial charge in [-0.2, -0.15) is 0 Å². The first-order valence-corrected chi connectivity index (χ1v) is 31.7. The summed E-state index contributed by atoms with van der Waals surface area (Å²) in [5.41, 5.74) is 11.8. The van der Waals surface area contributed by atoms with Crippen LogP contribution in [0.2, 0.25) is 0 Å². The zero-order valence-electron chi connectivity index (χ0n) is 49.2. The van der Waals surface area contributed by atoms with Crippen LogP contribution in [0.1, 0.15) is 141 Å². The third-order valence-electron chi connectivity index (χ3n) is 21.0. The quantitative estimate of drug-likeness (QED) is 0.140. The molecular weight excluding hydrogens is 1020 g/mol. The minimum atomic E-state index is -0.850. The van der Waals surface area contributed by atoms with E-state index in [9.17, 15) is 9.59 Å². The number of esters is 1. The van der Waals surface area contributed by atoms with Crippen molar-refractivity contribution in [2.24, 2.45) is 22.7 Å². The third-order valence-corrected chi connectivity index (χ3v) is 21.0. The van der Waals surface area contributed by atoms with Gasteiger partial charge in [-0.25, -0.2) is 5.43 Å². The van der Waals surface area contributed by atoms with E-state index in [1.165, 1.54) is 55.2 Å². The van der Waals surface area contributed by atoms with Crippen LogP contribution in [0.25, 0.3) is 27.7 Å². The van der Waals surface area contributed by atoms with E-state index in [0.717, 1.165) is 138 Å². The van der Waals surface area contributed by atoms with E-state index in [2.05, 4.69) is 109 Å². The van der Waals surface area contributed by atoms with Crippen LogP contribution in [0.5, 0.6) is 0 Å². The fourth-order valence-electron chi connectivity index (χ4n) is 16.2. The number of carbonyl (C=O) groups is 4. The summed E-state index contributed by atoms with van der Waals surface area (Å²) in [5.74, 6) is 0.456. The fraction of sp³-hybridized carbons (Fsp3) is 0.703. The maximum atomic E-state index is 15.3. The van der Waals surface area contributed by atoms with Gasteiger partial charge in [-0.3, -0.25) is 49.2 Å². The van der Waals surface area contributed by atoms with Crippen molar-refractivity contribution in [3.8, 4) is 11.3 Å². The normalized spacial score (nSPS) is 31.2. The Labute approximate surface area is 480 Å². The molecule has 17 nitrogen and oxygen atoms in total. The zero-order valence-corrected chi connectivity index (χ0v) is 49.2. The lowest BCUT2D eigenvalue weighted by atomic mass is 9.84. The van der Waals surface area contributed by atoms with Crippen molar-refractivity contribution in [3.05, 3.63) is 53.4 Å². The number of aromatic nitrogens is 2. The van der Waals surface area contributed by atoms with Crippen molar-refractivity contribution >= 4 is 45.9 Å². The first kappa shape index (κ1) is 55.3. The molecule has 3 aromatic rings. The third kappa shape index (κ3) is 11.1. The number of ether oxygens (including phenoxy) is 2. The highest BCUT2D eigenvalue weighted by Gasteiger charge is 2.55. The molecule has 17 heteroatoms. The van der Waals surface area contributed by atoms with E-state index in [0.29, 0.717) is 56.9 Å². The highest BCUT2D eigenvalue weighted by Crippen LogP contribution is 2.46. The minimum absolute atomic E-state index is 0.0198. The Balaban J connectivity index is 0.814. The van der Waals surface area contributed by atoms with Gasteiger partial charge in [0.05, 0.1) is 42.0 Å². The number of rotatable bonds is 11. The van der Waals surface area contributed by atoms with Crippen LogP contribution >= 0.6 is 0 Å². The van der Waals surface area contributed by atoms with E-state index in [4.69, 9.17) is 14.5 Å². The summed E-state index contributed by atoms with van der Waals surface area (Å²) in [5, 5.41) is 9.70. The number of piperazine rings is 1. The summed E-state index contributed by atoms with van der Waals surface area (Å²) >= 11 is 0. The molecule has 10 heterocycles. The van der Waals surface area contributed by atoms with Crippen LogP contribution in [0.4, 0.5) is 5.69 Å². The van der Waals surface area contributed by atoms with Gasteiger partial charge in [0.25, 0.3) is 5.91 Å². The standard InChI is InChI=1S/C64H91N11O6/c1-6-74-53-21-20-44-31-48(53)50(58(74)49-32-47(34-65-54(49)41(2)80-5)71-30-29-70-25-10-9-16-46(70)36-71)33-63(3,4)40-81-62(79)51-17-12-26-75(68-51)60(77)52(37-69-24-11-15-45(44)35-69)66-59(76)57(43-13-7-8-14-43)72-27-22-64(38-72)23-28-73(39-64)61(78)56-55(67-56)42-18-19-42/h15,20-21,31-32,34,41-43,46,51-52,55-57,67-68H,6-14,16-19,22-30,33,35-40H2,1-5H3,(H,66,76)/t41-,46+,51-,52-,55?,56+,57?,64-/m0/s1. The van der Waals surface area contributed by atoms with Gasteiger partial charge < -0.3 is 29.2 Å². The average molecular weight is 1110 g/mol. The molecule has 3 N–H and O–H groups in total. The number of fused-ring (bicyclic) bond motifs is 7. The maximum Gasteiger partial charge on any atom is 0.324 e. The molecule has 6 bridgehead atoms. The monoisotopic (exact) mass is 1110 g/mol. The van der Waals surface area contributed by atoms with Crippen LogP contribution < -0.4 is 21.0 Å². The average Bonchev–Trinajstić information content (AvgIpc) is 4.44. The molecule has 6 saturated heterocycles. The van der Waals surface area contributed by atoms with Crippen LogP contribution in [0.3, 0.4) is 0 Å². The SMILES string of the molecule is CCn1c(-c2cc(N3CCN4CCCC[C@@H]4C3)cnc2[C@H](C)OC)c2c3cc(ccc31)C1=CCCN(C1)C[C@H](NC(=O)C(C1CCCC1)N1CC[C@]3(CCN(C(=O)[C@@H]4NC4C4CC4)C3)C1)C(=O)N1CCC[C@H](N1)C(=O)OCC(C)(C)C2. The molecule has 2 aliphatic carbocycles. The number of methoxy groups -OCH3 is 1. The molecule has 8 aliphatic heterocycles. The minimum Gasteiger partial charge on any atom is -0.464 e. The number of aryl methyl sites for hydroxylation is 1. The number of hydrazine groups is 1. The Morgan fingerprint density at radius 3 is 2.56 bits per heavy atom. The van der Waals surface area contributed by atoms with E-state index >= 15 is 9.59 Å². The Morgan fingerprint density at radius 2 is 1.74 bits per heavy atom. The molecule has 3 unspecified atom stereocenters. The van der Waals surface area contributed by atoms with Crippen molar-refractivity contribution in [1.29, 1.82) is 0 Å². The second-order valence-electron chi connectivity index (χ2n) is 27.2. The lowest BCUT2D eigenvalue weighted by molar-refractivity contribution is -0.155. The predicted octanol–water partition coefficient (Wildman–Crippen LogP) is 6.53. The van der Waals surface area contributed by atoms with E-state index in [-0.39, 0.29) is 59.8 Å². The van der Waals surface area contributed by atoms with Crippen molar-refractivity contribution in [1.82, 2.24) is 50.2 Å². The van der Waals surface area contributed by atoms with Crippen LogP contribution in [-0.4, -0.2) is 186 Å². The topological polar surface area (TPSA) is 170 Å². The number of piperidine rings is 1. The number of nitrogens with one attached hydrogen (secondary N) is 3. The number of benzene rings is 1. The molecule has 0 radical (unpaired) electrons. The van der Waals surface area contributed by atoms with Gasteiger partial charge >= 0.3 is 5.97 Å². The largest absolute Gasteiger partial charge is 0.464 e. The lowest BCUT2D eigenvalue weighted by Gasteiger charge is -2.45. The summed E-state index contributed by atoms with van der Waals surface area (Å²) in [6, 6.07) is 8.30. The zero-order chi connectivity index (χ0) is 55.7. The summed E-state index contributed by atoms with van der Waals surface area (Å²) in [7, 11) is 1.76. The van der Waals surface area contributed by atoms with Crippen molar-refractivity contribution < 1.29 is 28.7 Å². The summed E-state index contributed by atoms with van der Waals surface area (Å²) in [6.45, 7) is 19.1. The molecule has 13 rings (SSSR count). The Morgan fingerprint density at radius 1 is 0.914 bits per heavy atom. The number of amides is 3. The van der Waals surface area contributed by atoms with Gasteiger partial charge in [-0.05, 0) is 151 Å². The number of hydrogen-bond donors (Lipinski definition) is 3. The molecule has 2 aromatic heterocycles. The van der Waals surface area contributed by atoms with Crippen molar-refractivity contribution in [2.75, 3.05) is 97.2 Å². The van der Waals surface area contributed by atoms with Gasteiger partial charge in [0.2, 0.25) is 11.8 Å². The van der Waals surface area contributed by atoms with Gasteiger partial charge in [-0.15, -0.1) is 0 Å². The molecule has 10 aliphatic rings. The van der Waals surface area contributed by atoms with Gasteiger partial charge in [0.1, 0.15) is 18.1 Å². The highest BCUT2D eigenvalue weighted by atomic mass is 16.5. The fourth-order valence-corrected chi connectivity index (χ4v) is 16.2. The van der Waals surface area contributed by atoms with E-state index < -0.39 is 17.5 Å². The summed E-state index contributed by atoms with van der Waals surface area (Å²) in [4.78, 5) is 76.0. The van der Waals surface area contributed by atoms with Crippen LogP contribution in [0, 0.1) is 22.7 Å². The Bertz CT molecular complexity index is 2910. The number of hydrogen-bond acceptors (Lipinski definition) is 13. The van der Waals surface area contributed by atoms with Crippen LogP contribution in [0.15, 0.2) is 36.5 Å². The molecule has 2 saturated carbocycles. The molecule has 81 heavy (non-hydrogen) atoms. The van der Waals surface area contributed by atoms with Gasteiger partial charge in [0, 0.05) is 118 Å². The summed E-state index contributed by atoms with van der Waals surface area (Å²) < 4.78 is 14.9. The first-order chi connectivity index (χ1) is 39.3. The van der Waals surface area contributed by atoms with E-state index in [1.807, 2.05) is 0 Å². The number of nitrogens with zero attached hydrogens (tertiary/aromatic N) is 8. The Hall–Kier alpha value is -4.91. The molecule has 1 aromatic carbocycles. The van der Waals surface area contributed by atoms with Gasteiger partial charge in [-0.1, -0.05) is 45.3 Å². The molecule has 8 fully saturated rings. The lowest BCUT2D eigenvalue weighted by Crippen LogP contribution is -2.63.